The van der Waals surface area contributed by atoms with Crippen LogP contribution in [0.1, 0.15) is 24.8 Å². The minimum absolute atomic E-state index is 0.0132. The Labute approximate surface area is 199 Å². The van der Waals surface area contributed by atoms with Gasteiger partial charge in [0.05, 0.1) is 13.0 Å². The lowest BCUT2D eigenvalue weighted by molar-refractivity contribution is -0.145. The first kappa shape index (κ1) is 23.9. The van der Waals surface area contributed by atoms with Crippen LogP contribution in [0.3, 0.4) is 0 Å². The molecule has 0 aliphatic rings. The number of hydrogen-bond donors (Lipinski definition) is 3. The molecule has 0 saturated heterocycles. The number of benzene rings is 3. The maximum atomic E-state index is 12.1. The van der Waals surface area contributed by atoms with Gasteiger partial charge in [0.15, 0.2) is 5.11 Å². The number of carbonyl (C=O) groups excluding carboxylic acids is 2. The van der Waals surface area contributed by atoms with Crippen molar-refractivity contribution in [1.29, 1.82) is 0 Å². The molecule has 6 nitrogen and oxygen atoms in total. The summed E-state index contributed by atoms with van der Waals surface area (Å²) >= 11 is 5.19. The Morgan fingerprint density at radius 3 is 2.06 bits per heavy atom. The largest absolute Gasteiger partial charge is 0.466 e. The van der Waals surface area contributed by atoms with Crippen molar-refractivity contribution >= 4 is 46.3 Å². The minimum atomic E-state index is -0.390. The van der Waals surface area contributed by atoms with Crippen LogP contribution in [-0.2, 0) is 20.7 Å². The monoisotopic (exact) mass is 461 g/mol. The summed E-state index contributed by atoms with van der Waals surface area (Å²) in [5.74, 6) is -0.727. The third kappa shape index (κ3) is 9.13. The number of hydrogen-bond acceptors (Lipinski definition) is 5. The van der Waals surface area contributed by atoms with Crippen molar-refractivity contribution in [2.24, 2.45) is 0 Å². The average molecular weight is 462 g/mol. The summed E-state index contributed by atoms with van der Waals surface area (Å²) < 4.78 is 5.20. The molecule has 170 valence electrons. The van der Waals surface area contributed by atoms with Crippen LogP contribution in [0.4, 0.5) is 17.1 Å². The van der Waals surface area contributed by atoms with E-state index in [1.165, 1.54) is 5.56 Å². The van der Waals surface area contributed by atoms with E-state index in [2.05, 4.69) is 16.0 Å². The summed E-state index contributed by atoms with van der Waals surface area (Å²) in [5.41, 5.74) is 3.88. The first-order chi connectivity index (χ1) is 16.1. The number of nitrogens with one attached hydrogen (secondary N) is 3. The summed E-state index contributed by atoms with van der Waals surface area (Å²) in [6.07, 6.45) is 1.62. The number of ether oxygens (including phenoxy) is 1. The van der Waals surface area contributed by atoms with Crippen molar-refractivity contribution < 1.29 is 14.3 Å². The second-order valence-electron chi connectivity index (χ2n) is 7.38. The summed E-state index contributed by atoms with van der Waals surface area (Å²) in [6.45, 7) is 0.338. The maximum absolute atomic E-state index is 12.1. The fourth-order valence-electron chi connectivity index (χ4n) is 3.07. The lowest BCUT2D eigenvalue weighted by Crippen LogP contribution is -2.34. The third-order valence-corrected chi connectivity index (χ3v) is 4.93. The van der Waals surface area contributed by atoms with Crippen LogP contribution in [0.5, 0.6) is 0 Å². The SMILES string of the molecule is O=C(CCC(=O)OCCCc1ccccc1)NC(=S)Nc1ccc(Nc2ccccc2)cc1. The fraction of sp³-hybridized carbons (Fsp3) is 0.192. The molecule has 3 aromatic rings. The van der Waals surface area contributed by atoms with Crippen molar-refractivity contribution in [3.05, 3.63) is 90.5 Å². The molecule has 0 spiro atoms. The topological polar surface area (TPSA) is 79.5 Å². The van der Waals surface area contributed by atoms with Gasteiger partial charge in [0, 0.05) is 23.5 Å². The van der Waals surface area contributed by atoms with Gasteiger partial charge < -0.3 is 20.7 Å². The molecular formula is C26H27N3O3S. The lowest BCUT2D eigenvalue weighted by atomic mass is 10.1. The van der Waals surface area contributed by atoms with Gasteiger partial charge in [0.25, 0.3) is 0 Å². The lowest BCUT2D eigenvalue weighted by Gasteiger charge is -2.11. The van der Waals surface area contributed by atoms with Gasteiger partial charge in [0.2, 0.25) is 5.91 Å². The number of amides is 1. The van der Waals surface area contributed by atoms with Crippen molar-refractivity contribution in [2.45, 2.75) is 25.7 Å². The Morgan fingerprint density at radius 2 is 1.36 bits per heavy atom. The van der Waals surface area contributed by atoms with Crippen LogP contribution >= 0.6 is 12.2 Å². The van der Waals surface area contributed by atoms with E-state index in [-0.39, 0.29) is 23.9 Å². The van der Waals surface area contributed by atoms with E-state index < -0.39 is 5.97 Å². The first-order valence-corrected chi connectivity index (χ1v) is 11.2. The predicted octanol–water partition coefficient (Wildman–Crippen LogP) is 5.20. The molecule has 0 heterocycles. The highest BCUT2D eigenvalue weighted by atomic mass is 32.1. The molecule has 3 N–H and O–H groups in total. The van der Waals surface area contributed by atoms with Crippen molar-refractivity contribution in [2.75, 3.05) is 17.2 Å². The van der Waals surface area contributed by atoms with Gasteiger partial charge in [-0.15, -0.1) is 0 Å². The molecule has 0 bridgehead atoms. The van der Waals surface area contributed by atoms with E-state index >= 15 is 0 Å². The number of carbonyl (C=O) groups is 2. The predicted molar refractivity (Wildman–Crippen MR) is 135 cm³/mol. The van der Waals surface area contributed by atoms with Crippen LogP contribution in [-0.4, -0.2) is 23.6 Å². The third-order valence-electron chi connectivity index (χ3n) is 4.73. The molecule has 1 amide bonds. The van der Waals surface area contributed by atoms with Gasteiger partial charge >= 0.3 is 5.97 Å². The molecular weight excluding hydrogens is 434 g/mol. The van der Waals surface area contributed by atoms with Gasteiger partial charge in [-0.3, -0.25) is 9.59 Å². The summed E-state index contributed by atoms with van der Waals surface area (Å²) in [6, 6.07) is 27.4. The molecule has 0 unspecified atom stereocenters. The number of anilines is 3. The Kier molecular flexibility index (Phi) is 9.42. The maximum Gasteiger partial charge on any atom is 0.306 e. The van der Waals surface area contributed by atoms with E-state index in [9.17, 15) is 9.59 Å². The second kappa shape index (κ2) is 13.0. The first-order valence-electron chi connectivity index (χ1n) is 10.8. The normalized spacial score (nSPS) is 10.2. The van der Waals surface area contributed by atoms with E-state index in [4.69, 9.17) is 17.0 Å². The van der Waals surface area contributed by atoms with E-state index in [0.29, 0.717) is 6.61 Å². The van der Waals surface area contributed by atoms with Gasteiger partial charge in [-0.2, -0.15) is 0 Å². The molecule has 33 heavy (non-hydrogen) atoms. The molecule has 0 aliphatic heterocycles. The number of para-hydroxylation sites is 1. The molecule has 0 fully saturated rings. The molecule has 7 heteroatoms. The summed E-state index contributed by atoms with van der Waals surface area (Å²) in [4.78, 5) is 23.9. The average Bonchev–Trinajstić information content (AvgIpc) is 2.83. The Balaban J connectivity index is 1.30. The van der Waals surface area contributed by atoms with E-state index in [1.807, 2.05) is 84.9 Å². The van der Waals surface area contributed by atoms with Gasteiger partial charge in [0.1, 0.15) is 0 Å². The van der Waals surface area contributed by atoms with Crippen LogP contribution in [0.2, 0.25) is 0 Å². The summed E-state index contributed by atoms with van der Waals surface area (Å²) in [5, 5.41) is 9.03. The number of esters is 1. The molecule has 0 atom stereocenters. The van der Waals surface area contributed by atoms with Crippen molar-refractivity contribution in [3.63, 3.8) is 0 Å². The summed E-state index contributed by atoms with van der Waals surface area (Å²) in [7, 11) is 0. The Hall–Kier alpha value is -3.71. The van der Waals surface area contributed by atoms with E-state index in [1.54, 1.807) is 0 Å². The zero-order valence-corrected chi connectivity index (χ0v) is 19.1. The van der Waals surface area contributed by atoms with Crippen LogP contribution in [0.25, 0.3) is 0 Å². The molecule has 0 aliphatic carbocycles. The van der Waals surface area contributed by atoms with Crippen LogP contribution < -0.4 is 16.0 Å². The minimum Gasteiger partial charge on any atom is -0.466 e. The quantitative estimate of drug-likeness (QED) is 0.219. The second-order valence-corrected chi connectivity index (χ2v) is 7.79. The highest BCUT2D eigenvalue weighted by Crippen LogP contribution is 2.18. The zero-order valence-electron chi connectivity index (χ0n) is 18.3. The molecule has 0 saturated carbocycles. The highest BCUT2D eigenvalue weighted by molar-refractivity contribution is 7.80. The molecule has 3 aromatic carbocycles. The number of thiocarbonyl (C=S) groups is 1. The van der Waals surface area contributed by atoms with Crippen molar-refractivity contribution in [1.82, 2.24) is 5.32 Å². The van der Waals surface area contributed by atoms with Crippen LogP contribution in [0.15, 0.2) is 84.9 Å². The van der Waals surface area contributed by atoms with Gasteiger partial charge in [-0.25, -0.2) is 0 Å². The van der Waals surface area contributed by atoms with Crippen LogP contribution in [0, 0.1) is 0 Å². The number of rotatable bonds is 10. The number of aryl methyl sites for hydroxylation is 1. The van der Waals surface area contributed by atoms with Gasteiger partial charge in [-0.05, 0) is 67.0 Å². The van der Waals surface area contributed by atoms with Crippen molar-refractivity contribution in [3.8, 4) is 0 Å². The molecule has 0 aromatic heterocycles. The zero-order chi connectivity index (χ0) is 23.3. The Morgan fingerprint density at radius 1 is 0.758 bits per heavy atom. The fourth-order valence-corrected chi connectivity index (χ4v) is 3.30. The smallest absolute Gasteiger partial charge is 0.306 e. The molecule has 3 rings (SSSR count). The highest BCUT2D eigenvalue weighted by Gasteiger charge is 2.10. The van der Waals surface area contributed by atoms with E-state index in [0.717, 1.165) is 29.9 Å². The van der Waals surface area contributed by atoms with Gasteiger partial charge in [-0.1, -0.05) is 48.5 Å². The molecule has 0 radical (unpaired) electrons. The standard InChI is InChI=1S/C26H27N3O3S/c30-24(17-18-25(31)32-19-7-10-20-8-3-1-4-9-20)29-26(33)28-23-15-13-22(14-16-23)27-21-11-5-2-6-12-21/h1-6,8-9,11-16,27H,7,10,17-19H2,(H2,28,29,30,33). The Bertz CT molecular complexity index is 1040.